The molecule has 1 aliphatic rings. The first-order valence-electron chi connectivity index (χ1n) is 2.93. The van der Waals surface area contributed by atoms with Crippen LogP contribution in [0.2, 0.25) is 0 Å². The fraction of sp³-hybridized carbons (Fsp3) is 0. The third-order valence-corrected chi connectivity index (χ3v) is 0.824. The molecule has 2 N–H and O–H groups in total. The molecule has 0 atom stereocenters. The van der Waals surface area contributed by atoms with Crippen molar-refractivity contribution in [3.8, 4) is 0 Å². The van der Waals surface area contributed by atoms with Crippen LogP contribution >= 0.6 is 24.0 Å². The van der Waals surface area contributed by atoms with Gasteiger partial charge in [0.1, 0.15) is 0 Å². The van der Waals surface area contributed by atoms with E-state index in [4.69, 9.17) is 17.5 Å². The standard InChI is InChI=1S/C6H4O2.HI.H2O4S/c7-5-1-2-6(8)4-3-5;;1-5(2,3)4/h1-4H;1H;(H2,1,2,3,4). The zero-order valence-electron chi connectivity index (χ0n) is 6.65. The van der Waals surface area contributed by atoms with Gasteiger partial charge in [0, 0.05) is 0 Å². The Kier molecular flexibility index (Phi) is 7.72. The first kappa shape index (κ1) is 15.9. The molecule has 0 aromatic rings. The van der Waals surface area contributed by atoms with Gasteiger partial charge in [0.15, 0.2) is 11.6 Å². The van der Waals surface area contributed by atoms with Crippen molar-refractivity contribution in [1.29, 1.82) is 0 Å². The molecule has 6 nitrogen and oxygen atoms in total. The molecule has 0 bridgehead atoms. The van der Waals surface area contributed by atoms with E-state index in [1.54, 1.807) is 0 Å². The maximum atomic E-state index is 10.3. The Morgan fingerprint density at radius 2 is 1.00 bits per heavy atom. The Bertz CT molecular complexity index is 320. The molecule has 0 amide bonds. The Balaban J connectivity index is 0. The molecule has 0 heterocycles. The molecule has 14 heavy (non-hydrogen) atoms. The van der Waals surface area contributed by atoms with Crippen LogP contribution in [0.4, 0.5) is 0 Å². The highest BCUT2D eigenvalue weighted by atomic mass is 127. The molecular formula is C6H7IO6S. The van der Waals surface area contributed by atoms with Crippen LogP contribution in [0.3, 0.4) is 0 Å². The topological polar surface area (TPSA) is 109 Å². The fourth-order valence-electron chi connectivity index (χ4n) is 0.440. The highest BCUT2D eigenvalue weighted by Crippen LogP contribution is 1.90. The summed E-state index contributed by atoms with van der Waals surface area (Å²) >= 11 is 0. The monoisotopic (exact) mass is 334 g/mol. The molecule has 1 aliphatic carbocycles. The van der Waals surface area contributed by atoms with Crippen molar-refractivity contribution in [3.63, 3.8) is 0 Å². The van der Waals surface area contributed by atoms with Gasteiger partial charge in [-0.1, -0.05) is 0 Å². The maximum absolute atomic E-state index is 10.3. The molecule has 80 valence electrons. The van der Waals surface area contributed by atoms with E-state index < -0.39 is 10.4 Å². The predicted octanol–water partition coefficient (Wildman–Crippen LogP) is 0.216. The van der Waals surface area contributed by atoms with Crippen LogP contribution < -0.4 is 0 Å². The van der Waals surface area contributed by atoms with E-state index in [2.05, 4.69) is 0 Å². The van der Waals surface area contributed by atoms with Crippen molar-refractivity contribution in [2.24, 2.45) is 0 Å². The minimum atomic E-state index is -4.67. The molecule has 0 aromatic carbocycles. The lowest BCUT2D eigenvalue weighted by Gasteiger charge is -1.87. The highest BCUT2D eigenvalue weighted by molar-refractivity contribution is 14.0. The first-order valence-corrected chi connectivity index (χ1v) is 4.33. The van der Waals surface area contributed by atoms with Crippen molar-refractivity contribution < 1.29 is 27.1 Å². The van der Waals surface area contributed by atoms with E-state index in [-0.39, 0.29) is 35.5 Å². The van der Waals surface area contributed by atoms with Gasteiger partial charge in [-0.2, -0.15) is 8.42 Å². The lowest BCUT2D eigenvalue weighted by Crippen LogP contribution is -1.97. The van der Waals surface area contributed by atoms with Crippen molar-refractivity contribution in [3.05, 3.63) is 24.3 Å². The Morgan fingerprint density at radius 3 is 1.14 bits per heavy atom. The molecule has 0 saturated carbocycles. The quantitative estimate of drug-likeness (QED) is 0.373. The van der Waals surface area contributed by atoms with Gasteiger partial charge in [-0.25, -0.2) is 0 Å². The molecule has 0 unspecified atom stereocenters. The summed E-state index contributed by atoms with van der Waals surface area (Å²) in [6.07, 6.45) is 5.01. The van der Waals surface area contributed by atoms with E-state index in [0.29, 0.717) is 0 Å². The van der Waals surface area contributed by atoms with E-state index in [1.165, 1.54) is 24.3 Å². The SMILES string of the molecule is I.O=C1C=CC(=O)C=C1.O=S(=O)(O)O. The maximum Gasteiger partial charge on any atom is 0.394 e. The summed E-state index contributed by atoms with van der Waals surface area (Å²) in [5, 5.41) is 0. The number of carbonyl (C=O) groups is 2. The predicted molar refractivity (Wildman–Crippen MR) is 57.9 cm³/mol. The van der Waals surface area contributed by atoms with Crippen molar-refractivity contribution in [2.45, 2.75) is 0 Å². The minimum absolute atomic E-state index is 0. The normalized spacial score (nSPS) is 14.1. The summed E-state index contributed by atoms with van der Waals surface area (Å²) in [6.45, 7) is 0. The third-order valence-electron chi connectivity index (χ3n) is 0.824. The zero-order chi connectivity index (χ0) is 10.5. The first-order chi connectivity index (χ1) is 5.79. The van der Waals surface area contributed by atoms with Crippen LogP contribution in [0.15, 0.2) is 24.3 Å². The second-order valence-electron chi connectivity index (χ2n) is 1.92. The smallest absolute Gasteiger partial charge is 0.290 e. The van der Waals surface area contributed by atoms with Crippen LogP contribution in [-0.4, -0.2) is 29.1 Å². The number of hydrogen-bond acceptors (Lipinski definition) is 4. The zero-order valence-corrected chi connectivity index (χ0v) is 9.80. The number of carbonyl (C=O) groups excluding carboxylic acids is 2. The van der Waals surface area contributed by atoms with Crippen LogP contribution in [0.25, 0.3) is 0 Å². The van der Waals surface area contributed by atoms with Gasteiger partial charge >= 0.3 is 10.4 Å². The van der Waals surface area contributed by atoms with Crippen LogP contribution in [0.1, 0.15) is 0 Å². The lowest BCUT2D eigenvalue weighted by atomic mass is 10.2. The van der Waals surface area contributed by atoms with Gasteiger partial charge in [0.25, 0.3) is 0 Å². The summed E-state index contributed by atoms with van der Waals surface area (Å²) in [5.41, 5.74) is 0. The number of ketones is 2. The molecule has 8 heteroatoms. The van der Waals surface area contributed by atoms with Gasteiger partial charge in [0.2, 0.25) is 0 Å². The van der Waals surface area contributed by atoms with E-state index >= 15 is 0 Å². The second kappa shape index (κ2) is 6.81. The van der Waals surface area contributed by atoms with Gasteiger partial charge in [0.05, 0.1) is 0 Å². The van der Waals surface area contributed by atoms with E-state index in [1.807, 2.05) is 0 Å². The Labute approximate surface area is 97.3 Å². The Hall–Kier alpha value is -0.580. The van der Waals surface area contributed by atoms with E-state index in [0.717, 1.165) is 0 Å². The van der Waals surface area contributed by atoms with Crippen molar-refractivity contribution in [1.82, 2.24) is 0 Å². The fourth-order valence-corrected chi connectivity index (χ4v) is 0.440. The average Bonchev–Trinajstić information content (AvgIpc) is 1.92. The molecule has 0 aromatic heterocycles. The molecular weight excluding hydrogens is 327 g/mol. The molecule has 0 radical (unpaired) electrons. The van der Waals surface area contributed by atoms with Gasteiger partial charge < -0.3 is 0 Å². The third kappa shape index (κ3) is 14.0. The molecule has 1 rings (SSSR count). The molecule has 0 saturated heterocycles. The van der Waals surface area contributed by atoms with Gasteiger partial charge in [-0.15, -0.1) is 24.0 Å². The van der Waals surface area contributed by atoms with Crippen molar-refractivity contribution >= 4 is 45.9 Å². The Morgan fingerprint density at radius 1 is 0.857 bits per heavy atom. The summed E-state index contributed by atoms with van der Waals surface area (Å²) in [6, 6.07) is 0. The molecule has 0 fully saturated rings. The van der Waals surface area contributed by atoms with Crippen LogP contribution in [-0.2, 0) is 20.0 Å². The number of rotatable bonds is 0. The summed E-state index contributed by atoms with van der Waals surface area (Å²) < 4.78 is 31.6. The number of hydrogen-bond donors (Lipinski definition) is 2. The van der Waals surface area contributed by atoms with Gasteiger partial charge in [-0.3, -0.25) is 18.7 Å². The largest absolute Gasteiger partial charge is 0.394 e. The van der Waals surface area contributed by atoms with Gasteiger partial charge in [-0.05, 0) is 24.3 Å². The van der Waals surface area contributed by atoms with Crippen molar-refractivity contribution in [2.75, 3.05) is 0 Å². The second-order valence-corrected chi connectivity index (χ2v) is 2.81. The van der Waals surface area contributed by atoms with E-state index in [9.17, 15) is 9.59 Å². The average molecular weight is 334 g/mol. The summed E-state index contributed by atoms with van der Waals surface area (Å²) in [7, 11) is -4.67. The number of halogens is 1. The summed E-state index contributed by atoms with van der Waals surface area (Å²) in [5.74, 6) is -0.241. The van der Waals surface area contributed by atoms with Crippen LogP contribution in [0, 0.1) is 0 Å². The number of allylic oxidation sites excluding steroid dienone is 4. The highest BCUT2D eigenvalue weighted by Gasteiger charge is 1.97. The van der Waals surface area contributed by atoms with Crippen LogP contribution in [0.5, 0.6) is 0 Å². The molecule has 0 aliphatic heterocycles. The minimum Gasteiger partial charge on any atom is -0.290 e. The lowest BCUT2D eigenvalue weighted by molar-refractivity contribution is -0.113. The molecule has 0 spiro atoms. The summed E-state index contributed by atoms with van der Waals surface area (Å²) in [4.78, 5) is 20.6.